The van der Waals surface area contributed by atoms with Crippen LogP contribution in [0.5, 0.6) is 5.75 Å². The highest BCUT2D eigenvalue weighted by Crippen LogP contribution is 2.34. The number of anilines is 3. The summed E-state index contributed by atoms with van der Waals surface area (Å²) >= 11 is 0. The smallest absolute Gasteiger partial charge is 0.248 e. The van der Waals surface area contributed by atoms with Crippen molar-refractivity contribution in [1.82, 2.24) is 14.9 Å². The molecule has 0 saturated carbocycles. The first kappa shape index (κ1) is 23.5. The third-order valence-corrected chi connectivity index (χ3v) is 5.10. The van der Waals surface area contributed by atoms with Crippen LogP contribution >= 0.6 is 0 Å². The van der Waals surface area contributed by atoms with E-state index in [9.17, 15) is 13.6 Å². The van der Waals surface area contributed by atoms with Crippen LogP contribution in [-0.2, 0) is 9.53 Å². The Hall–Kier alpha value is -3.63. The number of nitrogens with one attached hydrogen (secondary N) is 2. The molecule has 4 rings (SSSR count). The van der Waals surface area contributed by atoms with Crippen LogP contribution in [0.4, 0.5) is 26.0 Å². The summed E-state index contributed by atoms with van der Waals surface area (Å²) in [5.41, 5.74) is 1.30. The van der Waals surface area contributed by atoms with Gasteiger partial charge in [0.15, 0.2) is 11.6 Å². The third-order valence-electron chi connectivity index (χ3n) is 5.10. The number of fused-ring (bicyclic) bond motifs is 1. The van der Waals surface area contributed by atoms with Gasteiger partial charge in [0.1, 0.15) is 24.0 Å². The molecule has 34 heavy (non-hydrogen) atoms. The molecular formula is C24H25F2N5O3. The minimum Gasteiger partial charge on any atom is -0.486 e. The van der Waals surface area contributed by atoms with Crippen LogP contribution in [0.1, 0.15) is 6.42 Å². The number of likely N-dealkylation sites (N-methyl/N-ethyl adjacent to an activating group) is 1. The van der Waals surface area contributed by atoms with Crippen LogP contribution < -0.4 is 15.4 Å². The largest absolute Gasteiger partial charge is 0.486 e. The van der Waals surface area contributed by atoms with Crippen molar-refractivity contribution in [2.24, 2.45) is 0 Å². The van der Waals surface area contributed by atoms with Gasteiger partial charge in [0.25, 0.3) is 0 Å². The SMILES string of the molecule is CN(C)CC=CC(=O)Nc1cc2c(Nc3ccc(F)c(F)c3)ncnc2cc1O[C@H]1CCOC1. The number of amides is 1. The van der Waals surface area contributed by atoms with Crippen molar-refractivity contribution in [2.45, 2.75) is 12.5 Å². The second-order valence-corrected chi connectivity index (χ2v) is 8.10. The van der Waals surface area contributed by atoms with Crippen LogP contribution in [0.2, 0.25) is 0 Å². The molecule has 0 unspecified atom stereocenters. The second kappa shape index (κ2) is 10.5. The molecule has 0 aliphatic carbocycles. The van der Waals surface area contributed by atoms with E-state index in [2.05, 4.69) is 20.6 Å². The topological polar surface area (TPSA) is 88.6 Å². The Balaban J connectivity index is 1.68. The number of carbonyl (C=O) groups is 1. The lowest BCUT2D eigenvalue weighted by Gasteiger charge is -2.17. The molecule has 1 amide bonds. The minimum absolute atomic E-state index is 0.140. The quantitative estimate of drug-likeness (QED) is 0.484. The number of hydrogen-bond donors (Lipinski definition) is 2. The van der Waals surface area contributed by atoms with Crippen molar-refractivity contribution in [3.05, 3.63) is 60.4 Å². The van der Waals surface area contributed by atoms with Gasteiger partial charge in [-0.25, -0.2) is 18.7 Å². The molecule has 2 N–H and O–H groups in total. The molecule has 1 aliphatic heterocycles. The molecule has 3 aromatic rings. The van der Waals surface area contributed by atoms with Gasteiger partial charge in [0, 0.05) is 42.2 Å². The van der Waals surface area contributed by atoms with E-state index in [4.69, 9.17) is 9.47 Å². The number of rotatable bonds is 8. The molecule has 178 valence electrons. The number of nitrogens with zero attached hydrogens (tertiary/aromatic N) is 3. The Kier molecular flexibility index (Phi) is 7.29. The zero-order chi connectivity index (χ0) is 24.1. The van der Waals surface area contributed by atoms with Crippen LogP contribution in [0.15, 0.2) is 48.8 Å². The number of ether oxygens (including phenoxy) is 2. The molecule has 1 atom stereocenters. The van der Waals surface area contributed by atoms with E-state index in [1.807, 2.05) is 19.0 Å². The third kappa shape index (κ3) is 5.83. The van der Waals surface area contributed by atoms with Crippen molar-refractivity contribution >= 4 is 34.0 Å². The van der Waals surface area contributed by atoms with Crippen molar-refractivity contribution in [2.75, 3.05) is 44.5 Å². The van der Waals surface area contributed by atoms with Crippen molar-refractivity contribution in [3.63, 3.8) is 0 Å². The van der Waals surface area contributed by atoms with E-state index in [1.165, 1.54) is 18.5 Å². The first-order chi connectivity index (χ1) is 16.4. The van der Waals surface area contributed by atoms with Gasteiger partial charge >= 0.3 is 0 Å². The number of carbonyl (C=O) groups excluding carboxylic acids is 1. The maximum atomic E-state index is 13.7. The van der Waals surface area contributed by atoms with Gasteiger partial charge in [-0.15, -0.1) is 0 Å². The van der Waals surface area contributed by atoms with E-state index >= 15 is 0 Å². The predicted octanol–water partition coefficient (Wildman–Crippen LogP) is 3.88. The molecule has 1 saturated heterocycles. The van der Waals surface area contributed by atoms with Crippen molar-refractivity contribution < 1.29 is 23.0 Å². The van der Waals surface area contributed by atoms with Crippen molar-refractivity contribution in [3.8, 4) is 5.75 Å². The highest BCUT2D eigenvalue weighted by atomic mass is 19.2. The maximum Gasteiger partial charge on any atom is 0.248 e. The Morgan fingerprint density at radius 3 is 2.82 bits per heavy atom. The summed E-state index contributed by atoms with van der Waals surface area (Å²) in [6, 6.07) is 6.88. The predicted molar refractivity (Wildman–Crippen MR) is 125 cm³/mol. The highest BCUT2D eigenvalue weighted by molar-refractivity contribution is 6.03. The number of hydrogen-bond acceptors (Lipinski definition) is 7. The van der Waals surface area contributed by atoms with Crippen LogP contribution in [0.3, 0.4) is 0 Å². The molecule has 1 fully saturated rings. The first-order valence-electron chi connectivity index (χ1n) is 10.8. The van der Waals surface area contributed by atoms with Gasteiger partial charge in [-0.3, -0.25) is 4.79 Å². The Bertz CT molecular complexity index is 1210. The molecule has 8 nitrogen and oxygen atoms in total. The van der Waals surface area contributed by atoms with Gasteiger partial charge in [0.05, 0.1) is 24.4 Å². The van der Waals surface area contributed by atoms with Gasteiger partial charge < -0.3 is 25.0 Å². The van der Waals surface area contributed by atoms with E-state index in [1.54, 1.807) is 18.2 Å². The number of benzene rings is 2. The zero-order valence-electron chi connectivity index (χ0n) is 18.8. The fourth-order valence-corrected chi connectivity index (χ4v) is 3.42. The number of aromatic nitrogens is 2. The van der Waals surface area contributed by atoms with E-state index in [0.717, 1.165) is 18.6 Å². The molecule has 2 heterocycles. The Morgan fingerprint density at radius 2 is 2.09 bits per heavy atom. The number of halogens is 2. The maximum absolute atomic E-state index is 13.7. The standard InChI is InChI=1S/C24H25F2N5O3/c1-31(2)8-3-4-23(32)30-21-11-17-20(12-22(21)34-16-7-9-33-13-16)27-14-28-24(17)29-15-5-6-18(25)19(26)10-15/h3-6,10-12,14,16H,7-9,13H2,1-2H3,(H,30,32)(H,27,28,29)/t16-/m0/s1. The molecule has 0 bridgehead atoms. The fraction of sp³-hybridized carbons (Fsp3) is 0.292. The van der Waals surface area contributed by atoms with Crippen LogP contribution in [-0.4, -0.2) is 60.7 Å². The average molecular weight is 469 g/mol. The Morgan fingerprint density at radius 1 is 1.24 bits per heavy atom. The van der Waals surface area contributed by atoms with E-state index < -0.39 is 11.6 Å². The molecule has 1 aromatic heterocycles. The molecule has 1 aliphatic rings. The average Bonchev–Trinajstić information content (AvgIpc) is 3.30. The Labute approximate surface area is 195 Å². The lowest BCUT2D eigenvalue weighted by atomic mass is 10.1. The fourth-order valence-electron chi connectivity index (χ4n) is 3.42. The summed E-state index contributed by atoms with van der Waals surface area (Å²) in [7, 11) is 3.81. The summed E-state index contributed by atoms with van der Waals surface area (Å²) in [5, 5.41) is 6.40. The summed E-state index contributed by atoms with van der Waals surface area (Å²) in [4.78, 5) is 23.0. The molecule has 0 radical (unpaired) electrons. The van der Waals surface area contributed by atoms with Gasteiger partial charge in [-0.1, -0.05) is 6.08 Å². The zero-order valence-corrected chi connectivity index (χ0v) is 18.8. The van der Waals surface area contributed by atoms with E-state index in [0.29, 0.717) is 53.6 Å². The lowest BCUT2D eigenvalue weighted by molar-refractivity contribution is -0.111. The van der Waals surface area contributed by atoms with E-state index in [-0.39, 0.29) is 12.0 Å². The summed E-state index contributed by atoms with van der Waals surface area (Å²) in [6.45, 7) is 1.68. The first-order valence-corrected chi connectivity index (χ1v) is 10.8. The van der Waals surface area contributed by atoms with Crippen LogP contribution in [0.25, 0.3) is 10.9 Å². The highest BCUT2D eigenvalue weighted by Gasteiger charge is 2.20. The minimum atomic E-state index is -0.977. The normalized spacial score (nSPS) is 15.9. The summed E-state index contributed by atoms with van der Waals surface area (Å²) < 4.78 is 38.5. The molecular weight excluding hydrogens is 444 g/mol. The second-order valence-electron chi connectivity index (χ2n) is 8.10. The molecule has 2 aromatic carbocycles. The van der Waals surface area contributed by atoms with Crippen molar-refractivity contribution in [1.29, 1.82) is 0 Å². The summed E-state index contributed by atoms with van der Waals surface area (Å²) in [6.07, 6.45) is 5.16. The molecule has 0 spiro atoms. The van der Waals surface area contributed by atoms with Crippen LogP contribution in [0, 0.1) is 11.6 Å². The van der Waals surface area contributed by atoms with Gasteiger partial charge in [-0.05, 0) is 32.3 Å². The monoisotopic (exact) mass is 469 g/mol. The van der Waals surface area contributed by atoms with Gasteiger partial charge in [0.2, 0.25) is 5.91 Å². The summed E-state index contributed by atoms with van der Waals surface area (Å²) in [5.74, 6) is -1.42. The molecule has 10 heteroatoms. The lowest BCUT2D eigenvalue weighted by Crippen LogP contribution is -2.18. The van der Waals surface area contributed by atoms with Gasteiger partial charge in [-0.2, -0.15) is 0 Å².